The Bertz CT molecular complexity index is 1340. The standard InChI is InChI=1S/C26H23N3O5S/c1-2-34-23(31)21-18(16-8-4-3-5-9-16)15-35-22(21)27-20(30)14-29-24(32)26(28-25(29)33)13-12-17-10-6-7-11-19(17)26/h3-11,15H,2,12-14H2,1H3,(H,27,30)(H,28,33)/t26-/m1/s1. The van der Waals surface area contributed by atoms with Gasteiger partial charge in [0.1, 0.15) is 22.6 Å². The third-order valence-corrected chi connectivity index (χ3v) is 7.23. The normalized spacial score (nSPS) is 18.5. The fraction of sp³-hybridized carbons (Fsp3) is 0.231. The number of imide groups is 1. The quantitative estimate of drug-likeness (QED) is 0.403. The molecule has 2 aliphatic rings. The molecule has 1 spiro atoms. The SMILES string of the molecule is CCOC(=O)c1c(-c2ccccc2)csc1NC(=O)CN1C(=O)N[C@@]2(CCc3ccccc32)C1=O. The first-order chi connectivity index (χ1) is 16.9. The van der Waals surface area contributed by atoms with Crippen molar-refractivity contribution in [2.75, 3.05) is 18.5 Å². The fourth-order valence-corrected chi connectivity index (χ4v) is 5.70. The van der Waals surface area contributed by atoms with Crippen molar-refractivity contribution < 1.29 is 23.9 Å². The minimum atomic E-state index is -1.13. The zero-order valence-corrected chi connectivity index (χ0v) is 19.8. The molecule has 1 aliphatic carbocycles. The number of carbonyl (C=O) groups excluding carboxylic acids is 4. The molecule has 0 saturated carbocycles. The second-order valence-electron chi connectivity index (χ2n) is 8.37. The third kappa shape index (κ3) is 3.87. The van der Waals surface area contributed by atoms with Crippen LogP contribution in [0.5, 0.6) is 0 Å². The van der Waals surface area contributed by atoms with Gasteiger partial charge in [-0.2, -0.15) is 0 Å². The number of nitrogens with one attached hydrogen (secondary N) is 2. The maximum Gasteiger partial charge on any atom is 0.341 e. The number of benzene rings is 2. The molecule has 3 aromatic rings. The number of ether oxygens (including phenoxy) is 1. The van der Waals surface area contributed by atoms with Gasteiger partial charge in [0.25, 0.3) is 5.91 Å². The largest absolute Gasteiger partial charge is 0.462 e. The Balaban J connectivity index is 1.37. The lowest BCUT2D eigenvalue weighted by Crippen LogP contribution is -2.43. The van der Waals surface area contributed by atoms with Gasteiger partial charge < -0.3 is 15.4 Å². The Kier molecular flexibility index (Phi) is 5.86. The summed E-state index contributed by atoms with van der Waals surface area (Å²) in [4.78, 5) is 52.7. The summed E-state index contributed by atoms with van der Waals surface area (Å²) in [6.07, 6.45) is 1.12. The second-order valence-corrected chi connectivity index (χ2v) is 9.25. The van der Waals surface area contributed by atoms with Crippen molar-refractivity contribution in [2.45, 2.75) is 25.3 Å². The number of urea groups is 1. The van der Waals surface area contributed by atoms with Crippen molar-refractivity contribution >= 4 is 40.2 Å². The van der Waals surface area contributed by atoms with E-state index < -0.39 is 35.9 Å². The van der Waals surface area contributed by atoms with Crippen LogP contribution in [0.4, 0.5) is 9.80 Å². The zero-order valence-electron chi connectivity index (χ0n) is 19.0. The number of carbonyl (C=O) groups is 4. The highest BCUT2D eigenvalue weighted by Gasteiger charge is 2.55. The fourth-order valence-electron chi connectivity index (χ4n) is 4.73. The van der Waals surface area contributed by atoms with E-state index in [0.29, 0.717) is 23.4 Å². The Morgan fingerprint density at radius 3 is 2.63 bits per heavy atom. The van der Waals surface area contributed by atoms with E-state index in [1.54, 1.807) is 12.3 Å². The molecule has 2 N–H and O–H groups in total. The van der Waals surface area contributed by atoms with Gasteiger partial charge in [-0.25, -0.2) is 9.59 Å². The van der Waals surface area contributed by atoms with E-state index in [1.165, 1.54) is 11.3 Å². The van der Waals surface area contributed by atoms with Crippen LogP contribution < -0.4 is 10.6 Å². The summed E-state index contributed by atoms with van der Waals surface area (Å²) in [5.74, 6) is -1.58. The molecule has 2 aromatic carbocycles. The summed E-state index contributed by atoms with van der Waals surface area (Å²) in [7, 11) is 0. The van der Waals surface area contributed by atoms with E-state index in [1.807, 2.05) is 54.6 Å². The first-order valence-corrected chi connectivity index (χ1v) is 12.2. The zero-order chi connectivity index (χ0) is 24.6. The Hall–Kier alpha value is -3.98. The molecule has 0 unspecified atom stereocenters. The number of thiophene rings is 1. The first-order valence-electron chi connectivity index (χ1n) is 11.3. The van der Waals surface area contributed by atoms with Crippen LogP contribution in [-0.2, 0) is 26.3 Å². The molecule has 9 heteroatoms. The van der Waals surface area contributed by atoms with Gasteiger partial charge in [-0.15, -0.1) is 11.3 Å². The van der Waals surface area contributed by atoms with E-state index >= 15 is 0 Å². The lowest BCUT2D eigenvalue weighted by atomic mass is 9.92. The number of esters is 1. The minimum Gasteiger partial charge on any atom is -0.462 e. The number of fused-ring (bicyclic) bond motifs is 2. The topological polar surface area (TPSA) is 105 Å². The Labute approximate surface area is 205 Å². The summed E-state index contributed by atoms with van der Waals surface area (Å²) in [6, 6.07) is 16.2. The number of hydrogen-bond acceptors (Lipinski definition) is 6. The van der Waals surface area contributed by atoms with E-state index in [-0.39, 0.29) is 12.2 Å². The minimum absolute atomic E-state index is 0.183. The van der Waals surface area contributed by atoms with E-state index in [9.17, 15) is 19.2 Å². The van der Waals surface area contributed by atoms with Crippen LogP contribution in [-0.4, -0.2) is 41.9 Å². The highest BCUT2D eigenvalue weighted by Crippen LogP contribution is 2.41. The lowest BCUT2D eigenvalue weighted by Gasteiger charge is -2.22. The first kappa shape index (κ1) is 22.8. The number of hydrogen-bond donors (Lipinski definition) is 2. The van der Waals surface area contributed by atoms with Crippen molar-refractivity contribution in [1.29, 1.82) is 0 Å². The van der Waals surface area contributed by atoms with Crippen LogP contribution in [0.25, 0.3) is 11.1 Å². The molecule has 1 fully saturated rings. The van der Waals surface area contributed by atoms with E-state index in [4.69, 9.17) is 4.74 Å². The maximum atomic E-state index is 13.3. The summed E-state index contributed by atoms with van der Waals surface area (Å²) >= 11 is 1.19. The average Bonchev–Trinajstić information content (AvgIpc) is 3.51. The summed E-state index contributed by atoms with van der Waals surface area (Å²) in [5, 5.41) is 7.60. The molecule has 8 nitrogen and oxygen atoms in total. The van der Waals surface area contributed by atoms with Crippen LogP contribution in [0.1, 0.15) is 34.8 Å². The molecular weight excluding hydrogens is 466 g/mol. The Morgan fingerprint density at radius 2 is 1.86 bits per heavy atom. The number of anilines is 1. The second kappa shape index (κ2) is 8.99. The molecule has 0 radical (unpaired) electrons. The number of aryl methyl sites for hydroxylation is 1. The highest BCUT2D eigenvalue weighted by atomic mass is 32.1. The van der Waals surface area contributed by atoms with E-state index in [2.05, 4.69) is 10.6 Å². The predicted molar refractivity (Wildman–Crippen MR) is 131 cm³/mol. The molecule has 1 saturated heterocycles. The van der Waals surface area contributed by atoms with Crippen LogP contribution in [0, 0.1) is 0 Å². The molecule has 1 aromatic heterocycles. The van der Waals surface area contributed by atoms with E-state index in [0.717, 1.165) is 21.6 Å². The molecule has 1 atom stereocenters. The van der Waals surface area contributed by atoms with Crippen LogP contribution in [0.15, 0.2) is 60.0 Å². The Morgan fingerprint density at radius 1 is 1.11 bits per heavy atom. The van der Waals surface area contributed by atoms with Gasteiger partial charge in [-0.3, -0.25) is 14.5 Å². The maximum absolute atomic E-state index is 13.3. The number of nitrogens with zero attached hydrogens (tertiary/aromatic N) is 1. The summed E-state index contributed by atoms with van der Waals surface area (Å²) < 4.78 is 5.22. The monoisotopic (exact) mass is 489 g/mol. The molecule has 35 heavy (non-hydrogen) atoms. The van der Waals surface area contributed by atoms with Crippen molar-refractivity contribution in [3.05, 3.63) is 76.7 Å². The predicted octanol–water partition coefficient (Wildman–Crippen LogP) is 3.92. The average molecular weight is 490 g/mol. The molecule has 2 heterocycles. The van der Waals surface area contributed by atoms with Gasteiger partial charge in [0.15, 0.2) is 0 Å². The lowest BCUT2D eigenvalue weighted by molar-refractivity contribution is -0.134. The van der Waals surface area contributed by atoms with Gasteiger partial charge in [-0.05, 0) is 36.5 Å². The van der Waals surface area contributed by atoms with Crippen molar-refractivity contribution in [1.82, 2.24) is 10.2 Å². The van der Waals surface area contributed by atoms with Crippen LogP contribution in [0.3, 0.4) is 0 Å². The molecule has 178 valence electrons. The van der Waals surface area contributed by atoms with Gasteiger partial charge in [0.2, 0.25) is 5.91 Å². The van der Waals surface area contributed by atoms with Gasteiger partial charge in [0, 0.05) is 10.9 Å². The molecule has 4 amide bonds. The number of rotatable bonds is 6. The molecule has 5 rings (SSSR count). The van der Waals surface area contributed by atoms with Gasteiger partial charge in [-0.1, -0.05) is 54.6 Å². The summed E-state index contributed by atoms with van der Waals surface area (Å²) in [5.41, 5.74) is 2.35. The van der Waals surface area contributed by atoms with Gasteiger partial charge in [0.05, 0.1) is 6.61 Å². The highest BCUT2D eigenvalue weighted by molar-refractivity contribution is 7.15. The number of amides is 4. The van der Waals surface area contributed by atoms with Crippen LogP contribution >= 0.6 is 11.3 Å². The van der Waals surface area contributed by atoms with Crippen LogP contribution in [0.2, 0.25) is 0 Å². The van der Waals surface area contributed by atoms with Gasteiger partial charge >= 0.3 is 12.0 Å². The van der Waals surface area contributed by atoms with Crippen molar-refractivity contribution in [2.24, 2.45) is 0 Å². The van der Waals surface area contributed by atoms with Crippen molar-refractivity contribution in [3.8, 4) is 11.1 Å². The van der Waals surface area contributed by atoms with Crippen molar-refractivity contribution in [3.63, 3.8) is 0 Å². The summed E-state index contributed by atoms with van der Waals surface area (Å²) in [6.45, 7) is 1.43. The molecule has 0 bridgehead atoms. The molecular formula is C26H23N3O5S. The smallest absolute Gasteiger partial charge is 0.341 e. The third-order valence-electron chi connectivity index (χ3n) is 6.33. The molecule has 1 aliphatic heterocycles.